The molecule has 1 aliphatic rings. The van der Waals surface area contributed by atoms with Crippen LogP contribution in [0.25, 0.3) is 0 Å². The lowest BCUT2D eigenvalue weighted by atomic mass is 9.73. The Morgan fingerprint density at radius 3 is 2.71 bits per heavy atom. The molecule has 0 fully saturated rings. The van der Waals surface area contributed by atoms with Gasteiger partial charge >= 0.3 is 17.5 Å². The summed E-state index contributed by atoms with van der Waals surface area (Å²) in [4.78, 5) is 39.4. The highest BCUT2D eigenvalue weighted by atomic mass is 16.7. The average molecular weight is 334 g/mol. The zero-order valence-corrected chi connectivity index (χ0v) is 13.6. The Morgan fingerprint density at radius 1 is 1.46 bits per heavy atom. The number of ether oxygens (including phenoxy) is 2. The van der Waals surface area contributed by atoms with Crippen molar-refractivity contribution in [3.8, 4) is 0 Å². The van der Waals surface area contributed by atoms with Gasteiger partial charge in [-0.15, -0.1) is 0 Å². The van der Waals surface area contributed by atoms with Crippen LogP contribution in [-0.4, -0.2) is 40.6 Å². The predicted molar refractivity (Wildman–Crippen MR) is 82.7 cm³/mol. The van der Waals surface area contributed by atoms with Crippen molar-refractivity contribution in [1.29, 1.82) is 0 Å². The van der Waals surface area contributed by atoms with E-state index in [1.807, 2.05) is 0 Å². The first kappa shape index (κ1) is 17.6. The molecule has 0 aliphatic heterocycles. The molecule has 128 valence electrons. The Balaban J connectivity index is 2.45. The smallest absolute Gasteiger partial charge is 0.389 e. The Morgan fingerprint density at radius 2 is 2.17 bits per heavy atom. The first-order valence-corrected chi connectivity index (χ1v) is 7.35. The van der Waals surface area contributed by atoms with E-state index in [2.05, 4.69) is 9.72 Å². The average Bonchev–Trinajstić information content (AvgIpc) is 2.54. The fraction of sp³-hybridized carbons (Fsp3) is 0.438. The highest BCUT2D eigenvalue weighted by molar-refractivity contribution is 5.90. The molecule has 8 heteroatoms. The van der Waals surface area contributed by atoms with Gasteiger partial charge in [-0.2, -0.15) is 0 Å². The fourth-order valence-corrected chi connectivity index (χ4v) is 3.00. The lowest BCUT2D eigenvalue weighted by molar-refractivity contribution is -0.575. The molecule has 1 aromatic heterocycles. The number of hydrogen-bond acceptors (Lipinski definition) is 7. The molecule has 3 atom stereocenters. The van der Waals surface area contributed by atoms with Crippen LogP contribution >= 0.6 is 0 Å². The van der Waals surface area contributed by atoms with Crippen molar-refractivity contribution >= 4 is 11.9 Å². The first-order chi connectivity index (χ1) is 11.3. The molecule has 2 rings (SSSR count). The molecule has 8 nitrogen and oxygen atoms in total. The van der Waals surface area contributed by atoms with Crippen molar-refractivity contribution in [3.05, 3.63) is 51.9 Å². The molecule has 0 radical (unpaired) electrons. The number of nitrogens with zero attached hydrogens (tertiary/aromatic N) is 2. The Hall–Kier alpha value is -2.77. The number of aromatic nitrogens is 1. The second kappa shape index (κ2) is 6.77. The van der Waals surface area contributed by atoms with Gasteiger partial charge in [0.2, 0.25) is 6.10 Å². The SMILES string of the molecule is COC(=O)C1([N+](=O)[O-])C(C)CC(C)=C[C@H]1OC(=O)c1cccnc1. The number of pyridine rings is 1. The Kier molecular flexibility index (Phi) is 4.96. The van der Waals surface area contributed by atoms with E-state index in [1.54, 1.807) is 19.9 Å². The zero-order valence-electron chi connectivity index (χ0n) is 13.6. The molecule has 0 saturated heterocycles. The van der Waals surface area contributed by atoms with Gasteiger partial charge in [0.25, 0.3) is 0 Å². The maximum atomic E-state index is 12.3. The first-order valence-electron chi connectivity index (χ1n) is 7.35. The molecule has 0 saturated carbocycles. The lowest BCUT2D eigenvalue weighted by Gasteiger charge is -2.36. The summed E-state index contributed by atoms with van der Waals surface area (Å²) in [5.41, 5.74) is -1.23. The standard InChI is InChI=1S/C16H18N2O6/c1-10-7-11(2)16(18(21)22,15(20)23-3)13(8-10)24-14(19)12-5-4-6-17-9-12/h4-6,8-9,11,13H,7H2,1-3H3/t11?,13-,16?/m1/s1. The molecule has 0 aromatic carbocycles. The van der Waals surface area contributed by atoms with Crippen LogP contribution in [-0.2, 0) is 14.3 Å². The van der Waals surface area contributed by atoms with E-state index in [9.17, 15) is 19.7 Å². The van der Waals surface area contributed by atoms with Crippen LogP contribution in [0.2, 0.25) is 0 Å². The fourth-order valence-electron chi connectivity index (χ4n) is 3.00. The molecule has 2 unspecified atom stereocenters. The maximum Gasteiger partial charge on any atom is 0.389 e. The van der Waals surface area contributed by atoms with E-state index in [-0.39, 0.29) is 5.56 Å². The van der Waals surface area contributed by atoms with E-state index < -0.39 is 34.4 Å². The van der Waals surface area contributed by atoms with E-state index in [1.165, 1.54) is 24.5 Å². The molecular formula is C16H18N2O6. The van der Waals surface area contributed by atoms with E-state index >= 15 is 0 Å². The van der Waals surface area contributed by atoms with Crippen molar-refractivity contribution < 1.29 is 24.0 Å². The minimum atomic E-state index is -2.17. The van der Waals surface area contributed by atoms with Gasteiger partial charge in [0, 0.05) is 23.2 Å². The van der Waals surface area contributed by atoms with E-state index in [0.717, 1.165) is 12.7 Å². The van der Waals surface area contributed by atoms with Crippen LogP contribution in [0.1, 0.15) is 30.6 Å². The third kappa shape index (κ3) is 2.86. The number of nitro groups is 1. The zero-order chi connectivity index (χ0) is 17.9. The topological polar surface area (TPSA) is 109 Å². The van der Waals surface area contributed by atoms with Crippen LogP contribution in [0, 0.1) is 16.0 Å². The number of rotatable bonds is 4. The van der Waals surface area contributed by atoms with Crippen LogP contribution in [0.15, 0.2) is 36.2 Å². The molecule has 1 heterocycles. The molecule has 0 spiro atoms. The molecule has 0 N–H and O–H groups in total. The number of methoxy groups -OCH3 is 1. The number of hydrogen-bond donors (Lipinski definition) is 0. The highest BCUT2D eigenvalue weighted by Crippen LogP contribution is 2.38. The second-order valence-corrected chi connectivity index (χ2v) is 5.76. The van der Waals surface area contributed by atoms with Gasteiger partial charge in [-0.05, 0) is 31.6 Å². The lowest BCUT2D eigenvalue weighted by Crippen LogP contribution is -2.62. The summed E-state index contributed by atoms with van der Waals surface area (Å²) < 4.78 is 9.98. The van der Waals surface area contributed by atoms with Crippen molar-refractivity contribution in [2.75, 3.05) is 7.11 Å². The normalized spacial score (nSPS) is 26.2. The van der Waals surface area contributed by atoms with Gasteiger partial charge in [0.15, 0.2) is 0 Å². The summed E-state index contributed by atoms with van der Waals surface area (Å²) in [7, 11) is 1.07. The monoisotopic (exact) mass is 334 g/mol. The summed E-state index contributed by atoms with van der Waals surface area (Å²) >= 11 is 0. The number of allylic oxidation sites excluding steroid dienone is 1. The summed E-state index contributed by atoms with van der Waals surface area (Å²) in [6.45, 7) is 3.34. The van der Waals surface area contributed by atoms with Crippen molar-refractivity contribution in [2.45, 2.75) is 31.9 Å². The summed E-state index contributed by atoms with van der Waals surface area (Å²) in [5, 5.41) is 11.8. The molecule has 1 aromatic rings. The van der Waals surface area contributed by atoms with Gasteiger partial charge < -0.3 is 9.47 Å². The molecular weight excluding hydrogens is 316 g/mol. The number of carbonyl (C=O) groups is 2. The van der Waals surface area contributed by atoms with Gasteiger partial charge in [-0.25, -0.2) is 9.59 Å². The minimum absolute atomic E-state index is 0.142. The van der Waals surface area contributed by atoms with Crippen molar-refractivity contribution in [1.82, 2.24) is 4.98 Å². The Bertz CT molecular complexity index is 687. The Labute approximate surface area is 138 Å². The quantitative estimate of drug-likeness (QED) is 0.357. The summed E-state index contributed by atoms with van der Waals surface area (Å²) in [6.07, 6.45) is 3.18. The molecule has 0 amide bonds. The van der Waals surface area contributed by atoms with Crippen molar-refractivity contribution in [3.63, 3.8) is 0 Å². The van der Waals surface area contributed by atoms with E-state index in [4.69, 9.17) is 4.74 Å². The number of esters is 2. The highest BCUT2D eigenvalue weighted by Gasteiger charge is 2.65. The van der Waals surface area contributed by atoms with Gasteiger partial charge in [0.1, 0.15) is 0 Å². The third-order valence-electron chi connectivity index (χ3n) is 4.19. The van der Waals surface area contributed by atoms with E-state index in [0.29, 0.717) is 6.42 Å². The molecule has 24 heavy (non-hydrogen) atoms. The summed E-state index contributed by atoms with van der Waals surface area (Å²) in [6, 6.07) is 3.02. The van der Waals surface area contributed by atoms with Crippen LogP contribution in [0.3, 0.4) is 0 Å². The van der Waals surface area contributed by atoms with Gasteiger partial charge in [0.05, 0.1) is 12.7 Å². The molecule has 1 aliphatic carbocycles. The van der Waals surface area contributed by atoms with Crippen molar-refractivity contribution in [2.24, 2.45) is 5.92 Å². The maximum absolute atomic E-state index is 12.3. The third-order valence-corrected chi connectivity index (χ3v) is 4.19. The van der Waals surface area contributed by atoms with Gasteiger partial charge in [-0.1, -0.05) is 12.5 Å². The number of carbonyl (C=O) groups excluding carboxylic acids is 2. The van der Waals surface area contributed by atoms with Crippen LogP contribution < -0.4 is 0 Å². The minimum Gasteiger partial charge on any atom is -0.464 e. The summed E-state index contributed by atoms with van der Waals surface area (Å²) in [5.74, 6) is -2.52. The second-order valence-electron chi connectivity index (χ2n) is 5.76. The van der Waals surface area contributed by atoms with Crippen LogP contribution in [0.4, 0.5) is 0 Å². The molecule has 0 bridgehead atoms. The largest absolute Gasteiger partial charge is 0.464 e. The predicted octanol–water partition coefficient (Wildman–Crippen LogP) is 1.78. The van der Waals surface area contributed by atoms with Crippen LogP contribution in [0.5, 0.6) is 0 Å². The van der Waals surface area contributed by atoms with Gasteiger partial charge in [-0.3, -0.25) is 15.1 Å².